The Kier molecular flexibility index (Phi) is 8.59. The van der Waals surface area contributed by atoms with Gasteiger partial charge in [-0.1, -0.05) is 65.0 Å². The lowest BCUT2D eigenvalue weighted by Crippen LogP contribution is -2.68. The Hall–Kier alpha value is -2.97. The highest BCUT2D eigenvalue weighted by Crippen LogP contribution is 2.76. The van der Waals surface area contributed by atoms with E-state index in [4.69, 9.17) is 11.3 Å². The van der Waals surface area contributed by atoms with Gasteiger partial charge in [0.25, 0.3) is 0 Å². The molecule has 0 aromatic heterocycles. The van der Waals surface area contributed by atoms with Gasteiger partial charge in [0.1, 0.15) is 5.84 Å². The number of aromatic carboxylic acids is 1. The average molecular weight is 658 g/mol. The zero-order chi connectivity index (χ0) is 35.0. The second kappa shape index (κ2) is 11.8. The Bertz CT molecular complexity index is 1530. The van der Waals surface area contributed by atoms with Crippen LogP contribution in [0.2, 0.25) is 0 Å². The molecular formula is C40H59N5O3. The molecule has 0 aliphatic heterocycles. The predicted molar refractivity (Wildman–Crippen MR) is 192 cm³/mol. The summed E-state index contributed by atoms with van der Waals surface area (Å²) in [5, 5.41) is 22.5. The Morgan fingerprint density at radius 2 is 1.67 bits per heavy atom. The van der Waals surface area contributed by atoms with E-state index in [-0.39, 0.29) is 45.4 Å². The summed E-state index contributed by atoms with van der Waals surface area (Å²) >= 11 is 0. The first-order valence-electron chi connectivity index (χ1n) is 18.2. The molecule has 6 N–H and O–H groups in total. The number of benzene rings is 1. The molecule has 8 heteroatoms. The van der Waals surface area contributed by atoms with Gasteiger partial charge in [-0.25, -0.2) is 4.79 Å². The summed E-state index contributed by atoms with van der Waals surface area (Å²) in [5.41, 5.74) is 7.03. The van der Waals surface area contributed by atoms with Crippen molar-refractivity contribution < 1.29 is 14.7 Å². The third-order valence-corrected chi connectivity index (χ3v) is 15.1. The third-order valence-electron chi connectivity index (χ3n) is 15.1. The van der Waals surface area contributed by atoms with Crippen molar-refractivity contribution in [3.63, 3.8) is 0 Å². The van der Waals surface area contributed by atoms with Gasteiger partial charge in [0.05, 0.1) is 12.0 Å². The number of fused-ring (bicyclic) bond motifs is 7. The topological polar surface area (TPSA) is 132 Å². The monoisotopic (exact) mass is 657 g/mol. The van der Waals surface area contributed by atoms with Crippen molar-refractivity contribution in [1.82, 2.24) is 15.9 Å². The molecule has 48 heavy (non-hydrogen) atoms. The minimum absolute atomic E-state index is 0.00971. The minimum atomic E-state index is -0.885. The molecule has 8 nitrogen and oxygen atoms in total. The Labute approximate surface area is 287 Å². The molecule has 9 atom stereocenters. The molecular weight excluding hydrogens is 598 g/mol. The van der Waals surface area contributed by atoms with Crippen LogP contribution in [0.15, 0.2) is 42.5 Å². The molecule has 0 unspecified atom stereocenters. The number of carbonyl (C=O) groups excluding carboxylic acids is 1. The van der Waals surface area contributed by atoms with E-state index in [1.54, 1.807) is 19.2 Å². The number of hydrazine groups is 2. The van der Waals surface area contributed by atoms with Crippen molar-refractivity contribution in [1.29, 1.82) is 5.41 Å². The van der Waals surface area contributed by atoms with Gasteiger partial charge in [-0.2, -0.15) is 5.12 Å². The van der Waals surface area contributed by atoms with Crippen molar-refractivity contribution in [3.8, 4) is 0 Å². The number of hydrogen-bond donors (Lipinski definition) is 5. The normalized spacial score (nSPS) is 39.6. The van der Waals surface area contributed by atoms with Gasteiger partial charge in [-0.15, -0.1) is 0 Å². The fraction of sp³-hybridized carbons (Fsp3) is 0.675. The maximum atomic E-state index is 13.5. The lowest BCUT2D eigenvalue weighted by molar-refractivity contribution is -0.219. The third kappa shape index (κ3) is 5.19. The molecule has 0 spiro atoms. The molecule has 5 aliphatic carbocycles. The summed E-state index contributed by atoms with van der Waals surface area (Å²) < 4.78 is 0. The molecule has 4 saturated carbocycles. The van der Waals surface area contributed by atoms with Crippen LogP contribution in [0, 0.1) is 56.7 Å². The number of nitrogens with two attached hydrogens (primary N) is 1. The van der Waals surface area contributed by atoms with Crippen LogP contribution in [0.5, 0.6) is 0 Å². The highest BCUT2D eigenvalue weighted by Gasteiger charge is 2.70. The van der Waals surface area contributed by atoms with Gasteiger partial charge in [0.2, 0.25) is 5.91 Å². The smallest absolute Gasteiger partial charge is 0.335 e. The van der Waals surface area contributed by atoms with Crippen LogP contribution in [-0.4, -0.2) is 40.5 Å². The van der Waals surface area contributed by atoms with Gasteiger partial charge in [-0.05, 0) is 139 Å². The summed E-state index contributed by atoms with van der Waals surface area (Å²) in [5.74, 6) is 7.17. The summed E-state index contributed by atoms with van der Waals surface area (Å²) in [7, 11) is 1.62. The first-order chi connectivity index (χ1) is 22.4. The number of nitrogens with one attached hydrogen (secondary N) is 3. The maximum absolute atomic E-state index is 13.5. The standard InChI is InChI=1S/C40H59N5O3/c1-24(2)27-15-20-40(43-33(46)23-32(41)44-45(8)42)22-21-38(6)29(34(27)40)13-14-31-37(5)18-16-28(25-9-11-26(12-10-25)35(47)48)36(3,4)30(37)17-19-39(31,38)7/h9-12,16,27,29-31,34H,1,13-15,17-23,42H2,2-8H3,(H2,41,44)(H,43,46)(H,47,48)/t27-,29+,30-,31+,34+,37-,38+,39+,40-/m0/s1. The van der Waals surface area contributed by atoms with E-state index < -0.39 is 5.97 Å². The molecule has 6 rings (SSSR count). The maximum Gasteiger partial charge on any atom is 0.335 e. The summed E-state index contributed by atoms with van der Waals surface area (Å²) in [6, 6.07) is 7.49. The van der Waals surface area contributed by atoms with Gasteiger partial charge < -0.3 is 10.4 Å². The summed E-state index contributed by atoms with van der Waals surface area (Å²) in [6.07, 6.45) is 12.4. The van der Waals surface area contributed by atoms with Gasteiger partial charge in [-0.3, -0.25) is 21.5 Å². The van der Waals surface area contributed by atoms with Crippen molar-refractivity contribution in [3.05, 3.63) is 53.6 Å². The average Bonchev–Trinajstić information content (AvgIpc) is 3.36. The Balaban J connectivity index is 1.31. The van der Waals surface area contributed by atoms with Gasteiger partial charge in [0.15, 0.2) is 0 Å². The number of carbonyl (C=O) groups is 2. The van der Waals surface area contributed by atoms with Gasteiger partial charge in [0, 0.05) is 12.6 Å². The van der Waals surface area contributed by atoms with E-state index in [0.29, 0.717) is 35.2 Å². The van der Waals surface area contributed by atoms with E-state index in [2.05, 4.69) is 64.9 Å². The van der Waals surface area contributed by atoms with E-state index in [1.807, 2.05) is 12.1 Å². The lowest BCUT2D eigenvalue weighted by Gasteiger charge is -2.72. The van der Waals surface area contributed by atoms with Crippen molar-refractivity contribution in [2.24, 2.45) is 57.1 Å². The fourth-order valence-corrected chi connectivity index (χ4v) is 13.0. The van der Waals surface area contributed by atoms with Crippen LogP contribution < -0.4 is 16.6 Å². The van der Waals surface area contributed by atoms with E-state index in [0.717, 1.165) is 37.7 Å². The number of carboxylic acids is 1. The fourth-order valence-electron chi connectivity index (χ4n) is 13.0. The molecule has 5 aliphatic rings. The number of carboxylic acid groups (broad SMARTS) is 1. The molecule has 4 fully saturated rings. The first kappa shape index (κ1) is 34.9. The molecule has 0 heterocycles. The first-order valence-corrected chi connectivity index (χ1v) is 18.2. The number of amides is 1. The zero-order valence-corrected chi connectivity index (χ0v) is 30.3. The quantitative estimate of drug-likeness (QED) is 0.0675. The minimum Gasteiger partial charge on any atom is -0.478 e. The van der Waals surface area contributed by atoms with Crippen LogP contribution in [0.4, 0.5) is 0 Å². The second-order valence-electron chi connectivity index (χ2n) is 17.7. The molecule has 1 aromatic rings. The largest absolute Gasteiger partial charge is 0.478 e. The highest BCUT2D eigenvalue weighted by molar-refractivity contribution is 5.98. The Morgan fingerprint density at radius 1 is 0.979 bits per heavy atom. The van der Waals surface area contributed by atoms with E-state index in [1.165, 1.54) is 41.9 Å². The van der Waals surface area contributed by atoms with E-state index in [9.17, 15) is 14.7 Å². The van der Waals surface area contributed by atoms with Crippen LogP contribution in [0.3, 0.4) is 0 Å². The van der Waals surface area contributed by atoms with Crippen LogP contribution in [0.25, 0.3) is 5.57 Å². The van der Waals surface area contributed by atoms with Crippen LogP contribution in [-0.2, 0) is 4.79 Å². The lowest BCUT2D eigenvalue weighted by atomic mass is 9.33. The second-order valence-corrected chi connectivity index (χ2v) is 17.7. The SMILES string of the molecule is C=C(C)[C@@H]1CC[C@]2(NC(=O)CC(=N)NN(C)N)CC[C@]3(C)[C@H](CC[C@@H]4[C@@]5(C)CC=C(c6ccc(C(=O)O)cc6)C(C)(C)[C@@H]5CC[C@]43C)[C@@H]12. The molecule has 1 amide bonds. The van der Waals surface area contributed by atoms with Gasteiger partial charge >= 0.3 is 5.97 Å². The van der Waals surface area contributed by atoms with Crippen LogP contribution >= 0.6 is 0 Å². The molecule has 0 saturated heterocycles. The van der Waals surface area contributed by atoms with Crippen molar-refractivity contribution in [2.75, 3.05) is 7.05 Å². The Morgan fingerprint density at radius 3 is 2.29 bits per heavy atom. The highest BCUT2D eigenvalue weighted by atomic mass is 16.4. The van der Waals surface area contributed by atoms with Crippen LogP contribution in [0.1, 0.15) is 122 Å². The number of nitrogens with zero attached hydrogens (tertiary/aromatic N) is 1. The number of amidine groups is 1. The number of hydrogen-bond acceptors (Lipinski definition) is 5. The molecule has 0 bridgehead atoms. The number of allylic oxidation sites excluding steroid dienone is 3. The summed E-state index contributed by atoms with van der Waals surface area (Å²) in [6.45, 7) is 19.4. The molecule has 0 radical (unpaired) electrons. The number of rotatable bonds is 7. The summed E-state index contributed by atoms with van der Waals surface area (Å²) in [4.78, 5) is 25.0. The van der Waals surface area contributed by atoms with E-state index >= 15 is 0 Å². The molecule has 1 aromatic carbocycles. The van der Waals surface area contributed by atoms with Crippen molar-refractivity contribution >= 4 is 23.3 Å². The predicted octanol–water partition coefficient (Wildman–Crippen LogP) is 7.58. The zero-order valence-electron chi connectivity index (χ0n) is 30.3. The molecule has 262 valence electrons. The van der Waals surface area contributed by atoms with Crippen molar-refractivity contribution in [2.45, 2.75) is 111 Å².